The number of rotatable bonds is 5. The molecule has 1 aromatic heterocycles. The minimum atomic E-state index is 0.359. The van der Waals surface area contributed by atoms with Crippen LogP contribution >= 0.6 is 0 Å². The highest BCUT2D eigenvalue weighted by Crippen LogP contribution is 2.37. The van der Waals surface area contributed by atoms with Crippen molar-refractivity contribution in [2.24, 2.45) is 0 Å². The van der Waals surface area contributed by atoms with Gasteiger partial charge in [0.05, 0.1) is 7.11 Å². The number of anilines is 1. The summed E-state index contributed by atoms with van der Waals surface area (Å²) in [6, 6.07) is 6.18. The summed E-state index contributed by atoms with van der Waals surface area (Å²) < 4.78 is 11.4. The van der Waals surface area contributed by atoms with Gasteiger partial charge in [0.25, 0.3) is 5.88 Å². The number of aromatic nitrogens is 2. The van der Waals surface area contributed by atoms with Gasteiger partial charge in [-0.1, -0.05) is 26.0 Å². The third-order valence-corrected chi connectivity index (χ3v) is 3.21. The average molecular weight is 287 g/mol. The van der Waals surface area contributed by atoms with E-state index in [1.54, 1.807) is 14.2 Å². The molecule has 0 aliphatic heterocycles. The van der Waals surface area contributed by atoms with Crippen LogP contribution in [0.25, 0.3) is 0 Å². The van der Waals surface area contributed by atoms with Crippen molar-refractivity contribution in [1.82, 2.24) is 9.97 Å². The molecule has 112 valence electrons. The molecule has 0 amide bonds. The van der Waals surface area contributed by atoms with E-state index in [1.807, 2.05) is 13.0 Å². The van der Waals surface area contributed by atoms with Crippen molar-refractivity contribution in [1.29, 1.82) is 0 Å². The van der Waals surface area contributed by atoms with Crippen LogP contribution in [0.5, 0.6) is 17.4 Å². The van der Waals surface area contributed by atoms with Gasteiger partial charge in [0.1, 0.15) is 12.1 Å². The Morgan fingerprint density at radius 3 is 2.57 bits per heavy atom. The summed E-state index contributed by atoms with van der Waals surface area (Å²) in [6.45, 7) is 6.30. The Kier molecular flexibility index (Phi) is 4.62. The molecule has 0 saturated heterocycles. The predicted molar refractivity (Wildman–Crippen MR) is 83.5 cm³/mol. The molecule has 0 saturated carbocycles. The summed E-state index contributed by atoms with van der Waals surface area (Å²) in [6.07, 6.45) is 1.45. The Labute approximate surface area is 125 Å². The van der Waals surface area contributed by atoms with Crippen molar-refractivity contribution in [3.8, 4) is 17.4 Å². The highest BCUT2D eigenvalue weighted by molar-refractivity contribution is 5.56. The number of hydrogen-bond donors (Lipinski definition) is 1. The summed E-state index contributed by atoms with van der Waals surface area (Å²) in [5.41, 5.74) is 2.27. The molecular formula is C16H21N3O2. The molecule has 1 heterocycles. The number of nitrogens with zero attached hydrogens (tertiary/aromatic N) is 2. The number of ether oxygens (including phenoxy) is 2. The maximum atomic E-state index is 6.00. The van der Waals surface area contributed by atoms with Crippen molar-refractivity contribution in [2.75, 3.05) is 19.5 Å². The van der Waals surface area contributed by atoms with Gasteiger partial charge in [0.15, 0.2) is 5.82 Å². The Bertz CT molecular complexity index is 627. The molecule has 2 rings (SSSR count). The first kappa shape index (κ1) is 15.1. The van der Waals surface area contributed by atoms with Crippen LogP contribution in [0.4, 0.5) is 5.82 Å². The van der Waals surface area contributed by atoms with Crippen LogP contribution in [0.1, 0.15) is 30.9 Å². The Morgan fingerprint density at radius 2 is 1.95 bits per heavy atom. The number of benzene rings is 1. The van der Waals surface area contributed by atoms with Gasteiger partial charge >= 0.3 is 0 Å². The second kappa shape index (κ2) is 6.43. The fourth-order valence-corrected chi connectivity index (χ4v) is 2.10. The maximum Gasteiger partial charge on any atom is 0.268 e. The average Bonchev–Trinajstić information content (AvgIpc) is 2.46. The van der Waals surface area contributed by atoms with Crippen LogP contribution in [0.3, 0.4) is 0 Å². The van der Waals surface area contributed by atoms with E-state index in [9.17, 15) is 0 Å². The lowest BCUT2D eigenvalue weighted by Crippen LogP contribution is -2.02. The fourth-order valence-electron chi connectivity index (χ4n) is 2.10. The minimum Gasteiger partial charge on any atom is -0.489 e. The maximum absolute atomic E-state index is 6.00. The molecular weight excluding hydrogens is 266 g/mol. The van der Waals surface area contributed by atoms with Crippen LogP contribution in [-0.2, 0) is 0 Å². The molecule has 0 aliphatic rings. The topological polar surface area (TPSA) is 56.3 Å². The summed E-state index contributed by atoms with van der Waals surface area (Å²) >= 11 is 0. The van der Waals surface area contributed by atoms with Gasteiger partial charge in [-0.3, -0.25) is 0 Å². The first-order valence-electron chi connectivity index (χ1n) is 6.92. The van der Waals surface area contributed by atoms with E-state index >= 15 is 0 Å². The van der Waals surface area contributed by atoms with Gasteiger partial charge in [-0.05, 0) is 30.0 Å². The lowest BCUT2D eigenvalue weighted by atomic mass is 10.0. The predicted octanol–water partition coefficient (Wildman–Crippen LogP) is 3.75. The molecule has 0 spiro atoms. The lowest BCUT2D eigenvalue weighted by molar-refractivity contribution is 0.367. The highest BCUT2D eigenvalue weighted by atomic mass is 16.5. The zero-order valence-electron chi connectivity index (χ0n) is 13.1. The van der Waals surface area contributed by atoms with E-state index in [0.29, 0.717) is 23.4 Å². The SMILES string of the molecule is CNc1ncnc(Oc2cc(C)ccc2C(C)C)c1OC. The van der Waals surface area contributed by atoms with Crippen molar-refractivity contribution < 1.29 is 9.47 Å². The summed E-state index contributed by atoms with van der Waals surface area (Å²) in [5.74, 6) is 2.66. The molecule has 5 heteroatoms. The Balaban J connectivity index is 2.45. The second-order valence-electron chi connectivity index (χ2n) is 5.11. The Hall–Kier alpha value is -2.30. The van der Waals surface area contributed by atoms with Gasteiger partial charge in [-0.2, -0.15) is 4.98 Å². The molecule has 0 fully saturated rings. The smallest absolute Gasteiger partial charge is 0.268 e. The van der Waals surface area contributed by atoms with E-state index in [4.69, 9.17) is 9.47 Å². The van der Waals surface area contributed by atoms with Crippen LogP contribution < -0.4 is 14.8 Å². The molecule has 2 aromatic rings. The van der Waals surface area contributed by atoms with E-state index in [0.717, 1.165) is 16.9 Å². The van der Waals surface area contributed by atoms with Gasteiger partial charge < -0.3 is 14.8 Å². The zero-order valence-corrected chi connectivity index (χ0v) is 13.1. The Morgan fingerprint density at radius 1 is 1.19 bits per heavy atom. The largest absolute Gasteiger partial charge is 0.489 e. The number of hydrogen-bond acceptors (Lipinski definition) is 5. The molecule has 1 aromatic carbocycles. The fraction of sp³-hybridized carbons (Fsp3) is 0.375. The van der Waals surface area contributed by atoms with Crippen molar-refractivity contribution in [3.63, 3.8) is 0 Å². The molecule has 0 radical (unpaired) electrons. The lowest BCUT2D eigenvalue weighted by Gasteiger charge is -2.16. The normalized spacial score (nSPS) is 10.6. The molecule has 0 unspecified atom stereocenters. The van der Waals surface area contributed by atoms with Crippen molar-refractivity contribution >= 4 is 5.82 Å². The third kappa shape index (κ3) is 3.24. The third-order valence-electron chi connectivity index (χ3n) is 3.21. The molecule has 0 atom stereocenters. The van der Waals surface area contributed by atoms with Crippen LogP contribution in [0, 0.1) is 6.92 Å². The van der Waals surface area contributed by atoms with E-state index < -0.39 is 0 Å². The first-order chi connectivity index (χ1) is 10.1. The molecule has 0 aliphatic carbocycles. The molecule has 5 nitrogen and oxygen atoms in total. The second-order valence-corrected chi connectivity index (χ2v) is 5.11. The zero-order chi connectivity index (χ0) is 15.4. The first-order valence-corrected chi connectivity index (χ1v) is 6.92. The van der Waals surface area contributed by atoms with E-state index in [2.05, 4.69) is 41.3 Å². The molecule has 21 heavy (non-hydrogen) atoms. The van der Waals surface area contributed by atoms with Gasteiger partial charge in [-0.15, -0.1) is 0 Å². The van der Waals surface area contributed by atoms with Gasteiger partial charge in [0.2, 0.25) is 5.75 Å². The van der Waals surface area contributed by atoms with Crippen molar-refractivity contribution in [2.45, 2.75) is 26.7 Å². The summed E-state index contributed by atoms with van der Waals surface area (Å²) in [4.78, 5) is 8.30. The quantitative estimate of drug-likeness (QED) is 0.907. The van der Waals surface area contributed by atoms with Gasteiger partial charge in [0, 0.05) is 7.05 Å². The standard InChI is InChI=1S/C16H21N3O2/c1-10(2)12-7-6-11(3)8-13(12)21-16-14(20-5)15(17-4)18-9-19-16/h6-10H,1-5H3,(H,17,18,19). The number of aryl methyl sites for hydroxylation is 1. The van der Waals surface area contributed by atoms with Crippen LogP contribution in [-0.4, -0.2) is 24.1 Å². The van der Waals surface area contributed by atoms with Crippen LogP contribution in [0.2, 0.25) is 0 Å². The van der Waals surface area contributed by atoms with E-state index in [-0.39, 0.29) is 0 Å². The van der Waals surface area contributed by atoms with Crippen molar-refractivity contribution in [3.05, 3.63) is 35.7 Å². The van der Waals surface area contributed by atoms with Gasteiger partial charge in [-0.25, -0.2) is 4.98 Å². The number of nitrogens with one attached hydrogen (secondary N) is 1. The summed E-state index contributed by atoms with van der Waals surface area (Å²) in [5, 5.41) is 2.97. The van der Waals surface area contributed by atoms with E-state index in [1.165, 1.54) is 6.33 Å². The highest BCUT2D eigenvalue weighted by Gasteiger charge is 2.16. The van der Waals surface area contributed by atoms with Crippen LogP contribution in [0.15, 0.2) is 24.5 Å². The summed E-state index contributed by atoms with van der Waals surface area (Å²) in [7, 11) is 3.35. The molecule has 1 N–H and O–H groups in total. The minimum absolute atomic E-state index is 0.359. The number of methoxy groups -OCH3 is 1. The molecule has 0 bridgehead atoms. The monoisotopic (exact) mass is 287 g/mol.